The summed E-state index contributed by atoms with van der Waals surface area (Å²) in [6.45, 7) is 7.90. The fourth-order valence-electron chi connectivity index (χ4n) is 2.28. The van der Waals surface area contributed by atoms with Crippen molar-refractivity contribution < 1.29 is 19.2 Å². The Labute approximate surface area is 131 Å². The lowest BCUT2D eigenvalue weighted by Gasteiger charge is -2.27. The molecule has 2 fully saturated rings. The lowest BCUT2D eigenvalue weighted by Crippen LogP contribution is -2.41. The molecule has 1 aromatic rings. The van der Waals surface area contributed by atoms with Crippen molar-refractivity contribution in [2.45, 2.75) is 64.3 Å². The van der Waals surface area contributed by atoms with Gasteiger partial charge >= 0.3 is 0 Å². The molecule has 1 aliphatic heterocycles. The number of hydrogen-bond donors (Lipinski definition) is 0. The first-order chi connectivity index (χ1) is 10.3. The van der Waals surface area contributed by atoms with E-state index >= 15 is 0 Å². The van der Waals surface area contributed by atoms with Crippen molar-refractivity contribution in [1.82, 2.24) is 0 Å². The molecule has 0 radical (unpaired) electrons. The van der Waals surface area contributed by atoms with Crippen LogP contribution in [-0.4, -0.2) is 23.6 Å². The second kappa shape index (κ2) is 5.25. The monoisotopic (exact) mass is 305 g/mol. The van der Waals surface area contributed by atoms with Gasteiger partial charge in [0.25, 0.3) is 0 Å². The van der Waals surface area contributed by atoms with E-state index in [1.165, 1.54) is 11.6 Å². The molecule has 0 N–H and O–H groups in total. The first-order valence-corrected chi connectivity index (χ1v) is 7.77. The maximum Gasteiger partial charge on any atom is 0.153 e. The highest BCUT2D eigenvalue weighted by molar-refractivity contribution is 5.81. The van der Waals surface area contributed by atoms with Crippen LogP contribution in [0.4, 0.5) is 5.69 Å². The fraction of sp³-hybridized carbons (Fsp3) is 0.588. The normalized spacial score (nSPS) is 23.2. The second-order valence-corrected chi connectivity index (χ2v) is 6.97. The number of hydrogen-bond acceptors (Lipinski definition) is 5. The highest BCUT2D eigenvalue weighted by Gasteiger charge is 2.50. The van der Waals surface area contributed by atoms with E-state index in [1.807, 2.05) is 39.8 Å². The quantitative estimate of drug-likeness (QED) is 0.794. The molecule has 22 heavy (non-hydrogen) atoms. The zero-order chi connectivity index (χ0) is 16.0. The van der Waals surface area contributed by atoms with Crippen LogP contribution in [0.5, 0.6) is 5.75 Å². The Hall–Kier alpha value is -1.59. The summed E-state index contributed by atoms with van der Waals surface area (Å²) in [5, 5.41) is 1.39. The highest BCUT2D eigenvalue weighted by Crippen LogP contribution is 2.40. The predicted molar refractivity (Wildman–Crippen MR) is 82.9 cm³/mol. The molecule has 1 heterocycles. The van der Waals surface area contributed by atoms with E-state index in [4.69, 9.17) is 14.4 Å². The van der Waals surface area contributed by atoms with Crippen molar-refractivity contribution in [1.29, 1.82) is 0 Å². The first kappa shape index (κ1) is 15.3. The number of benzene rings is 1. The lowest BCUT2D eigenvalue weighted by atomic mass is 9.90. The summed E-state index contributed by atoms with van der Waals surface area (Å²) in [5.74, 6) is 0.626. The maximum absolute atomic E-state index is 11.4. The average molecular weight is 305 g/mol. The topological polar surface area (TPSA) is 48.0 Å². The summed E-state index contributed by atoms with van der Waals surface area (Å²) in [7, 11) is 0. The van der Waals surface area contributed by atoms with Crippen molar-refractivity contribution in [3.63, 3.8) is 0 Å². The summed E-state index contributed by atoms with van der Waals surface area (Å²) < 4.78 is 5.84. The molecule has 5 nitrogen and oxygen atoms in total. The van der Waals surface area contributed by atoms with Crippen LogP contribution in [0.1, 0.15) is 57.3 Å². The molecule has 0 bridgehead atoms. The van der Waals surface area contributed by atoms with Crippen LogP contribution in [0, 0.1) is 0 Å². The first-order valence-electron chi connectivity index (χ1n) is 7.77. The second-order valence-electron chi connectivity index (χ2n) is 6.97. The molecule has 1 aliphatic carbocycles. The molecule has 0 unspecified atom stereocenters. The standard InChI is InChI=1S/C17H23NO4/c1-16(2)17(3,4)22-18(21-16)13-8-9-15(12(10-13)11-19)20-14-6-5-7-14/h8-11,14H,5-7H2,1-4H3. The fourth-order valence-corrected chi connectivity index (χ4v) is 2.28. The Morgan fingerprint density at radius 3 is 2.32 bits per heavy atom. The highest BCUT2D eigenvalue weighted by atomic mass is 17.0. The third kappa shape index (κ3) is 2.59. The molecule has 0 amide bonds. The van der Waals surface area contributed by atoms with Crippen molar-refractivity contribution >= 4 is 12.0 Å². The van der Waals surface area contributed by atoms with Gasteiger partial charge in [-0.05, 0) is 65.2 Å². The van der Waals surface area contributed by atoms with E-state index in [1.54, 1.807) is 6.07 Å². The van der Waals surface area contributed by atoms with Crippen LogP contribution in [0.3, 0.4) is 0 Å². The zero-order valence-electron chi connectivity index (χ0n) is 13.6. The predicted octanol–water partition coefficient (Wildman–Crippen LogP) is 3.67. The smallest absolute Gasteiger partial charge is 0.153 e. The van der Waals surface area contributed by atoms with Crippen LogP contribution in [-0.2, 0) is 9.68 Å². The molecule has 1 saturated heterocycles. The summed E-state index contributed by atoms with van der Waals surface area (Å²) in [5.41, 5.74) is 0.269. The van der Waals surface area contributed by atoms with Gasteiger partial charge in [0.05, 0.1) is 17.4 Å². The van der Waals surface area contributed by atoms with Gasteiger partial charge in [0.15, 0.2) is 6.29 Å². The number of nitrogens with zero attached hydrogens (tertiary/aromatic N) is 1. The number of carbonyl (C=O) groups excluding carboxylic acids is 1. The minimum absolute atomic E-state index is 0.238. The number of anilines is 1. The van der Waals surface area contributed by atoms with E-state index in [0.29, 0.717) is 17.0 Å². The van der Waals surface area contributed by atoms with Gasteiger partial charge in [0.1, 0.15) is 17.0 Å². The van der Waals surface area contributed by atoms with Gasteiger partial charge in [0, 0.05) is 0 Å². The Balaban J connectivity index is 1.82. The molecule has 1 saturated carbocycles. The van der Waals surface area contributed by atoms with Crippen molar-refractivity contribution in [2.24, 2.45) is 0 Å². The third-order valence-corrected chi connectivity index (χ3v) is 4.75. The molecule has 2 aliphatic rings. The minimum atomic E-state index is -0.463. The molecule has 0 spiro atoms. The van der Waals surface area contributed by atoms with Gasteiger partial charge in [-0.2, -0.15) is 0 Å². The number of carbonyl (C=O) groups is 1. The van der Waals surface area contributed by atoms with Gasteiger partial charge in [-0.15, -0.1) is 5.23 Å². The van der Waals surface area contributed by atoms with Gasteiger partial charge in [0.2, 0.25) is 0 Å². The van der Waals surface area contributed by atoms with Crippen LogP contribution in [0.15, 0.2) is 18.2 Å². The van der Waals surface area contributed by atoms with E-state index in [0.717, 1.165) is 19.1 Å². The molecular weight excluding hydrogens is 282 g/mol. The average Bonchev–Trinajstić information content (AvgIpc) is 2.63. The summed E-state index contributed by atoms with van der Waals surface area (Å²) in [4.78, 5) is 23.1. The van der Waals surface area contributed by atoms with E-state index in [-0.39, 0.29) is 6.10 Å². The van der Waals surface area contributed by atoms with Crippen molar-refractivity contribution in [3.8, 4) is 5.75 Å². The summed E-state index contributed by atoms with van der Waals surface area (Å²) in [6, 6.07) is 5.39. The molecule has 5 heteroatoms. The van der Waals surface area contributed by atoms with Crippen LogP contribution >= 0.6 is 0 Å². The molecule has 0 aromatic heterocycles. The SMILES string of the molecule is CC1(C)ON(c2ccc(OC3CCC3)c(C=O)c2)OC1(C)C. The summed E-state index contributed by atoms with van der Waals surface area (Å²) >= 11 is 0. The van der Waals surface area contributed by atoms with Crippen molar-refractivity contribution in [2.75, 3.05) is 5.23 Å². The van der Waals surface area contributed by atoms with E-state index in [9.17, 15) is 4.79 Å². The Morgan fingerprint density at radius 1 is 1.18 bits per heavy atom. The Morgan fingerprint density at radius 2 is 1.82 bits per heavy atom. The van der Waals surface area contributed by atoms with Gasteiger partial charge in [-0.3, -0.25) is 4.79 Å². The Kier molecular flexibility index (Phi) is 3.65. The van der Waals surface area contributed by atoms with Crippen LogP contribution in [0.25, 0.3) is 0 Å². The summed E-state index contributed by atoms with van der Waals surface area (Å²) in [6.07, 6.45) is 4.35. The molecule has 0 atom stereocenters. The molecular formula is C17H23NO4. The largest absolute Gasteiger partial charge is 0.490 e. The Bertz CT molecular complexity index is 562. The van der Waals surface area contributed by atoms with Crippen LogP contribution < -0.4 is 9.96 Å². The number of ether oxygens (including phenoxy) is 1. The van der Waals surface area contributed by atoms with Gasteiger partial charge < -0.3 is 4.74 Å². The van der Waals surface area contributed by atoms with Crippen LogP contribution in [0.2, 0.25) is 0 Å². The van der Waals surface area contributed by atoms with Crippen molar-refractivity contribution in [3.05, 3.63) is 23.8 Å². The number of rotatable bonds is 4. The van der Waals surface area contributed by atoms with E-state index in [2.05, 4.69) is 0 Å². The molecule has 3 rings (SSSR count). The van der Waals surface area contributed by atoms with Gasteiger partial charge in [-0.25, -0.2) is 9.68 Å². The molecule has 1 aromatic carbocycles. The van der Waals surface area contributed by atoms with E-state index < -0.39 is 11.2 Å². The zero-order valence-corrected chi connectivity index (χ0v) is 13.6. The number of aldehydes is 1. The molecule has 120 valence electrons. The lowest BCUT2D eigenvalue weighted by molar-refractivity contribution is -0.0273. The minimum Gasteiger partial charge on any atom is -0.490 e. The van der Waals surface area contributed by atoms with Gasteiger partial charge in [-0.1, -0.05) is 0 Å². The third-order valence-electron chi connectivity index (χ3n) is 4.75. The maximum atomic E-state index is 11.4.